The summed E-state index contributed by atoms with van der Waals surface area (Å²) in [6.45, 7) is 5.96. The fourth-order valence-corrected chi connectivity index (χ4v) is 2.01. The van der Waals surface area contributed by atoms with E-state index in [0.717, 1.165) is 26.1 Å². The number of halogens is 1. The SMILES string of the molecule is C/C(=C\I)C[C@H](C)C/C=C/CC1OCCO1. The third kappa shape index (κ3) is 6.01. The molecule has 2 nitrogen and oxygen atoms in total. The van der Waals surface area contributed by atoms with Gasteiger partial charge in [0.1, 0.15) is 0 Å². The number of hydrogen-bond acceptors (Lipinski definition) is 2. The van der Waals surface area contributed by atoms with Gasteiger partial charge in [0.2, 0.25) is 0 Å². The average Bonchev–Trinajstić information content (AvgIpc) is 2.77. The van der Waals surface area contributed by atoms with E-state index in [2.05, 4.69) is 52.7 Å². The largest absolute Gasteiger partial charge is 0.350 e. The fourth-order valence-electron chi connectivity index (χ4n) is 1.76. The molecule has 1 atom stereocenters. The second-order valence-electron chi connectivity index (χ2n) is 4.38. The van der Waals surface area contributed by atoms with Crippen molar-refractivity contribution in [1.29, 1.82) is 0 Å². The van der Waals surface area contributed by atoms with E-state index in [9.17, 15) is 0 Å². The highest BCUT2D eigenvalue weighted by Crippen LogP contribution is 2.16. The van der Waals surface area contributed by atoms with E-state index < -0.39 is 0 Å². The molecule has 1 fully saturated rings. The van der Waals surface area contributed by atoms with E-state index >= 15 is 0 Å². The lowest BCUT2D eigenvalue weighted by Crippen LogP contribution is -2.04. The van der Waals surface area contributed by atoms with Crippen LogP contribution in [0.1, 0.15) is 33.1 Å². The summed E-state index contributed by atoms with van der Waals surface area (Å²) in [5.74, 6) is 0.715. The molecule has 16 heavy (non-hydrogen) atoms. The molecule has 0 bridgehead atoms. The Balaban J connectivity index is 2.10. The van der Waals surface area contributed by atoms with Gasteiger partial charge in [-0.1, -0.05) is 47.2 Å². The van der Waals surface area contributed by atoms with Crippen molar-refractivity contribution < 1.29 is 9.47 Å². The first-order valence-electron chi connectivity index (χ1n) is 5.86. The standard InChI is InChI=1S/C13H21IO2/c1-11(9-12(2)10-14)5-3-4-6-13-15-7-8-16-13/h3-4,10-11,13H,5-9H2,1-2H3/b4-3+,12-10+/t11-/m1/s1. The first-order chi connectivity index (χ1) is 7.72. The summed E-state index contributed by atoms with van der Waals surface area (Å²) in [6.07, 6.45) is 7.63. The summed E-state index contributed by atoms with van der Waals surface area (Å²) in [5, 5.41) is 0. The predicted octanol–water partition coefficient (Wildman–Crippen LogP) is 4.06. The molecule has 1 heterocycles. The van der Waals surface area contributed by atoms with Crippen LogP contribution in [0.3, 0.4) is 0 Å². The number of hydrogen-bond donors (Lipinski definition) is 0. The van der Waals surface area contributed by atoms with Gasteiger partial charge >= 0.3 is 0 Å². The minimum Gasteiger partial charge on any atom is -0.350 e. The van der Waals surface area contributed by atoms with Gasteiger partial charge in [-0.25, -0.2) is 0 Å². The van der Waals surface area contributed by atoms with Gasteiger partial charge < -0.3 is 9.47 Å². The molecule has 1 aliphatic rings. The van der Waals surface area contributed by atoms with Gasteiger partial charge in [-0.05, 0) is 29.8 Å². The fraction of sp³-hybridized carbons (Fsp3) is 0.692. The number of rotatable bonds is 6. The maximum Gasteiger partial charge on any atom is 0.161 e. The molecule has 0 aromatic carbocycles. The highest BCUT2D eigenvalue weighted by Gasteiger charge is 2.13. The topological polar surface area (TPSA) is 18.5 Å². The lowest BCUT2D eigenvalue weighted by atomic mass is 9.99. The third-order valence-electron chi connectivity index (χ3n) is 2.58. The molecule has 0 aromatic rings. The van der Waals surface area contributed by atoms with Crippen LogP contribution in [0, 0.1) is 5.92 Å². The van der Waals surface area contributed by atoms with Gasteiger partial charge in [-0.3, -0.25) is 0 Å². The molecule has 1 rings (SSSR count). The molecule has 0 N–H and O–H groups in total. The monoisotopic (exact) mass is 336 g/mol. The van der Waals surface area contributed by atoms with E-state index in [-0.39, 0.29) is 6.29 Å². The quantitative estimate of drug-likeness (QED) is 0.538. The van der Waals surface area contributed by atoms with Gasteiger partial charge in [0.05, 0.1) is 13.2 Å². The van der Waals surface area contributed by atoms with Crippen LogP contribution in [-0.4, -0.2) is 19.5 Å². The van der Waals surface area contributed by atoms with Gasteiger partial charge in [-0.15, -0.1) is 0 Å². The Bertz CT molecular complexity index is 242. The van der Waals surface area contributed by atoms with E-state index in [1.807, 2.05) is 0 Å². The van der Waals surface area contributed by atoms with Crippen LogP contribution in [-0.2, 0) is 9.47 Å². The van der Waals surface area contributed by atoms with Crippen LogP contribution in [0.15, 0.2) is 21.8 Å². The van der Waals surface area contributed by atoms with Crippen molar-refractivity contribution in [3.63, 3.8) is 0 Å². The molecular formula is C13H21IO2. The Morgan fingerprint density at radius 2 is 2.06 bits per heavy atom. The molecule has 0 aromatic heterocycles. The third-order valence-corrected chi connectivity index (χ3v) is 3.64. The van der Waals surface area contributed by atoms with Gasteiger partial charge in [-0.2, -0.15) is 0 Å². The highest BCUT2D eigenvalue weighted by molar-refractivity contribution is 14.1. The Morgan fingerprint density at radius 3 is 2.69 bits per heavy atom. The van der Waals surface area contributed by atoms with Crippen molar-refractivity contribution in [1.82, 2.24) is 0 Å². The van der Waals surface area contributed by atoms with Crippen LogP contribution in [0.4, 0.5) is 0 Å². The summed E-state index contributed by atoms with van der Waals surface area (Å²) < 4.78 is 12.9. The van der Waals surface area contributed by atoms with E-state index in [1.54, 1.807) is 0 Å². The second kappa shape index (κ2) is 8.25. The molecule has 1 aliphatic heterocycles. The Hall–Kier alpha value is 0.130. The lowest BCUT2D eigenvalue weighted by molar-refractivity contribution is -0.0380. The van der Waals surface area contributed by atoms with Crippen molar-refractivity contribution in [2.45, 2.75) is 39.4 Å². The summed E-state index contributed by atoms with van der Waals surface area (Å²) in [4.78, 5) is 0. The summed E-state index contributed by atoms with van der Waals surface area (Å²) in [6, 6.07) is 0. The first-order valence-corrected chi connectivity index (χ1v) is 7.11. The minimum atomic E-state index is 0.00235. The maximum absolute atomic E-state index is 5.36. The molecule has 0 saturated carbocycles. The summed E-state index contributed by atoms with van der Waals surface area (Å²) >= 11 is 2.30. The predicted molar refractivity (Wildman–Crippen MR) is 75.6 cm³/mol. The maximum atomic E-state index is 5.36. The van der Waals surface area contributed by atoms with E-state index in [4.69, 9.17) is 9.47 Å². The Morgan fingerprint density at radius 1 is 1.38 bits per heavy atom. The minimum absolute atomic E-state index is 0.00235. The molecule has 1 saturated heterocycles. The molecule has 0 spiro atoms. The lowest BCUT2D eigenvalue weighted by Gasteiger charge is -2.08. The number of ether oxygens (including phenoxy) is 2. The average molecular weight is 336 g/mol. The van der Waals surface area contributed by atoms with Crippen molar-refractivity contribution in [2.75, 3.05) is 13.2 Å². The van der Waals surface area contributed by atoms with Crippen LogP contribution in [0.2, 0.25) is 0 Å². The van der Waals surface area contributed by atoms with Crippen LogP contribution >= 0.6 is 22.6 Å². The molecule has 3 heteroatoms. The van der Waals surface area contributed by atoms with E-state index in [1.165, 1.54) is 12.0 Å². The molecule has 0 amide bonds. The number of allylic oxidation sites excluding steroid dienone is 2. The molecule has 92 valence electrons. The molecular weight excluding hydrogens is 315 g/mol. The zero-order valence-corrected chi connectivity index (χ0v) is 12.3. The van der Waals surface area contributed by atoms with Crippen LogP contribution in [0.5, 0.6) is 0 Å². The zero-order valence-electron chi connectivity index (χ0n) is 10.1. The highest BCUT2D eigenvalue weighted by atomic mass is 127. The van der Waals surface area contributed by atoms with Gasteiger partial charge in [0.15, 0.2) is 6.29 Å². The van der Waals surface area contributed by atoms with Crippen molar-refractivity contribution in [3.8, 4) is 0 Å². The summed E-state index contributed by atoms with van der Waals surface area (Å²) in [7, 11) is 0. The van der Waals surface area contributed by atoms with Gasteiger partial charge in [0, 0.05) is 6.42 Å². The molecule has 0 aliphatic carbocycles. The van der Waals surface area contributed by atoms with E-state index in [0.29, 0.717) is 5.92 Å². The second-order valence-corrected chi connectivity index (χ2v) is 5.00. The van der Waals surface area contributed by atoms with Crippen molar-refractivity contribution >= 4 is 22.6 Å². The smallest absolute Gasteiger partial charge is 0.161 e. The first kappa shape index (κ1) is 14.2. The zero-order chi connectivity index (χ0) is 11.8. The summed E-state index contributed by atoms with van der Waals surface area (Å²) in [5.41, 5.74) is 1.46. The van der Waals surface area contributed by atoms with Crippen molar-refractivity contribution in [3.05, 3.63) is 21.8 Å². The van der Waals surface area contributed by atoms with Crippen molar-refractivity contribution in [2.24, 2.45) is 5.92 Å². The Labute approximate surface area is 112 Å². The normalized spacial score (nSPS) is 20.8. The van der Waals surface area contributed by atoms with Crippen LogP contribution in [0.25, 0.3) is 0 Å². The van der Waals surface area contributed by atoms with Gasteiger partial charge in [0.25, 0.3) is 0 Å². The Kier molecular flexibility index (Phi) is 7.32. The van der Waals surface area contributed by atoms with Crippen LogP contribution < -0.4 is 0 Å². The molecule has 0 radical (unpaired) electrons. The molecule has 0 unspecified atom stereocenters.